The Morgan fingerprint density at radius 3 is 2.30 bits per heavy atom. The Morgan fingerprint density at radius 2 is 1.61 bits per heavy atom. The molecule has 1 aliphatic rings. The fourth-order valence-electron chi connectivity index (χ4n) is 4.93. The summed E-state index contributed by atoms with van der Waals surface area (Å²) >= 11 is 0. The fraction of sp³-hybridized carbons (Fsp3) is 0.241. The minimum absolute atomic E-state index is 0.0814. The third kappa shape index (κ3) is 4.47. The summed E-state index contributed by atoms with van der Waals surface area (Å²) < 4.78 is 2.07. The van der Waals surface area contributed by atoms with Gasteiger partial charge < -0.3 is 5.32 Å². The van der Waals surface area contributed by atoms with Gasteiger partial charge in [0.15, 0.2) is 5.69 Å². The molecule has 5 rings (SSSR count). The van der Waals surface area contributed by atoms with Gasteiger partial charge in [-0.3, -0.25) is 9.48 Å². The zero-order valence-electron chi connectivity index (χ0n) is 18.9. The second kappa shape index (κ2) is 9.45. The van der Waals surface area contributed by atoms with E-state index in [1.54, 1.807) is 0 Å². The minimum atomic E-state index is -0.0943. The van der Waals surface area contributed by atoms with Crippen LogP contribution in [-0.2, 0) is 13.0 Å². The first-order valence-corrected chi connectivity index (χ1v) is 11.7. The van der Waals surface area contributed by atoms with E-state index in [0.29, 0.717) is 12.2 Å². The van der Waals surface area contributed by atoms with Crippen LogP contribution >= 0.6 is 0 Å². The van der Waals surface area contributed by atoms with E-state index < -0.39 is 0 Å². The molecule has 0 saturated heterocycles. The van der Waals surface area contributed by atoms with Gasteiger partial charge in [-0.15, -0.1) is 0 Å². The Bertz CT molecular complexity index is 1220. The fourth-order valence-corrected chi connectivity index (χ4v) is 4.93. The molecule has 166 valence electrons. The highest BCUT2D eigenvalue weighted by molar-refractivity contribution is 5.94. The molecular weight excluding hydrogens is 406 g/mol. The first-order chi connectivity index (χ1) is 16.2. The third-order valence-electron chi connectivity index (χ3n) is 6.58. The van der Waals surface area contributed by atoms with Crippen molar-refractivity contribution in [3.05, 3.63) is 125 Å². The number of carbonyl (C=O) groups excluding carboxylic acids is 1. The summed E-state index contributed by atoms with van der Waals surface area (Å²) in [6.45, 7) is 2.68. The zero-order chi connectivity index (χ0) is 22.6. The van der Waals surface area contributed by atoms with E-state index in [2.05, 4.69) is 64.6 Å². The molecule has 1 amide bonds. The van der Waals surface area contributed by atoms with E-state index in [9.17, 15) is 4.79 Å². The van der Waals surface area contributed by atoms with Crippen molar-refractivity contribution >= 4 is 5.91 Å². The Hall–Kier alpha value is -3.66. The SMILES string of the molecule is CC(NC(=O)c1nn(Cc2ccccc2)c2c1CCCC2c1ccccc1)c1ccccc1. The normalized spacial score (nSPS) is 16.1. The van der Waals surface area contributed by atoms with E-state index >= 15 is 0 Å². The number of amides is 1. The first-order valence-electron chi connectivity index (χ1n) is 11.7. The molecule has 2 atom stereocenters. The average molecular weight is 436 g/mol. The first kappa shape index (κ1) is 21.2. The van der Waals surface area contributed by atoms with Gasteiger partial charge in [-0.25, -0.2) is 0 Å². The van der Waals surface area contributed by atoms with Crippen LogP contribution in [-0.4, -0.2) is 15.7 Å². The summed E-state index contributed by atoms with van der Waals surface area (Å²) in [6, 6.07) is 31.0. The highest BCUT2D eigenvalue weighted by Crippen LogP contribution is 2.38. The predicted molar refractivity (Wildman–Crippen MR) is 131 cm³/mol. The molecular formula is C29H29N3O. The van der Waals surface area contributed by atoms with E-state index in [-0.39, 0.29) is 17.9 Å². The van der Waals surface area contributed by atoms with E-state index in [1.807, 2.05) is 43.3 Å². The predicted octanol–water partition coefficient (Wildman–Crippen LogP) is 5.89. The van der Waals surface area contributed by atoms with Crippen LogP contribution in [0.4, 0.5) is 0 Å². The molecule has 3 aromatic carbocycles. The molecule has 4 aromatic rings. The molecule has 4 nitrogen and oxygen atoms in total. The van der Waals surface area contributed by atoms with Crippen LogP contribution in [0.3, 0.4) is 0 Å². The Morgan fingerprint density at radius 1 is 0.970 bits per heavy atom. The molecule has 0 saturated carbocycles. The molecule has 1 aliphatic carbocycles. The van der Waals surface area contributed by atoms with E-state index in [1.165, 1.54) is 16.8 Å². The molecule has 2 unspecified atom stereocenters. The zero-order valence-corrected chi connectivity index (χ0v) is 18.9. The topological polar surface area (TPSA) is 46.9 Å². The summed E-state index contributed by atoms with van der Waals surface area (Å²) in [5.41, 5.74) is 6.43. The highest BCUT2D eigenvalue weighted by atomic mass is 16.2. The molecule has 0 spiro atoms. The smallest absolute Gasteiger partial charge is 0.272 e. The number of nitrogens with one attached hydrogen (secondary N) is 1. The summed E-state index contributed by atoms with van der Waals surface area (Å²) in [5.74, 6) is 0.155. The second-order valence-electron chi connectivity index (χ2n) is 8.82. The molecule has 4 heteroatoms. The number of fused-ring (bicyclic) bond motifs is 1. The molecule has 0 bridgehead atoms. The van der Waals surface area contributed by atoms with Gasteiger partial charge >= 0.3 is 0 Å². The van der Waals surface area contributed by atoms with Gasteiger partial charge in [0, 0.05) is 11.5 Å². The number of hydrogen-bond acceptors (Lipinski definition) is 2. The van der Waals surface area contributed by atoms with Crippen LogP contribution in [0.1, 0.15) is 70.2 Å². The second-order valence-corrected chi connectivity index (χ2v) is 8.82. The molecule has 0 fully saturated rings. The molecule has 0 aliphatic heterocycles. The number of nitrogens with zero attached hydrogens (tertiary/aromatic N) is 2. The molecule has 1 N–H and O–H groups in total. The monoisotopic (exact) mass is 435 g/mol. The third-order valence-corrected chi connectivity index (χ3v) is 6.58. The van der Waals surface area contributed by atoms with Crippen LogP contribution in [0.2, 0.25) is 0 Å². The minimum Gasteiger partial charge on any atom is -0.344 e. The van der Waals surface area contributed by atoms with Gasteiger partial charge in [0.25, 0.3) is 5.91 Å². The van der Waals surface area contributed by atoms with Crippen LogP contribution < -0.4 is 5.32 Å². The maximum Gasteiger partial charge on any atom is 0.272 e. The lowest BCUT2D eigenvalue weighted by Gasteiger charge is -2.25. The van der Waals surface area contributed by atoms with Crippen molar-refractivity contribution in [2.75, 3.05) is 0 Å². The number of aromatic nitrogens is 2. The van der Waals surface area contributed by atoms with Gasteiger partial charge in [0.2, 0.25) is 0 Å². The van der Waals surface area contributed by atoms with Crippen LogP contribution in [0.15, 0.2) is 91.0 Å². The standard InChI is InChI=1S/C29H29N3O/c1-21(23-14-7-3-8-15-23)30-29(33)27-26-19-11-18-25(24-16-9-4-10-17-24)28(26)32(31-27)20-22-12-5-2-6-13-22/h2-10,12-17,21,25H,11,18-20H2,1H3,(H,30,33). The highest BCUT2D eigenvalue weighted by Gasteiger charge is 2.32. The lowest BCUT2D eigenvalue weighted by atomic mass is 9.82. The summed E-state index contributed by atoms with van der Waals surface area (Å²) in [7, 11) is 0. The molecule has 33 heavy (non-hydrogen) atoms. The number of hydrogen-bond donors (Lipinski definition) is 1. The van der Waals surface area contributed by atoms with Crippen molar-refractivity contribution < 1.29 is 4.79 Å². The van der Waals surface area contributed by atoms with E-state index in [0.717, 1.165) is 30.4 Å². The van der Waals surface area contributed by atoms with Gasteiger partial charge in [-0.2, -0.15) is 5.10 Å². The van der Waals surface area contributed by atoms with Crippen LogP contribution in [0.25, 0.3) is 0 Å². The van der Waals surface area contributed by atoms with Crippen molar-refractivity contribution in [1.29, 1.82) is 0 Å². The van der Waals surface area contributed by atoms with Crippen molar-refractivity contribution in [3.63, 3.8) is 0 Å². The maximum absolute atomic E-state index is 13.4. The van der Waals surface area contributed by atoms with Crippen LogP contribution in [0, 0.1) is 0 Å². The van der Waals surface area contributed by atoms with Gasteiger partial charge in [-0.05, 0) is 42.9 Å². The quantitative estimate of drug-likeness (QED) is 0.410. The number of rotatable bonds is 6. The van der Waals surface area contributed by atoms with Gasteiger partial charge in [0.1, 0.15) is 0 Å². The van der Waals surface area contributed by atoms with Crippen LogP contribution in [0.5, 0.6) is 0 Å². The van der Waals surface area contributed by atoms with E-state index in [4.69, 9.17) is 5.10 Å². The average Bonchev–Trinajstić information content (AvgIpc) is 3.24. The molecule has 1 heterocycles. The summed E-state index contributed by atoms with van der Waals surface area (Å²) in [6.07, 6.45) is 3.01. The number of carbonyl (C=O) groups is 1. The molecule has 1 aromatic heterocycles. The maximum atomic E-state index is 13.4. The Balaban J connectivity index is 1.53. The summed E-state index contributed by atoms with van der Waals surface area (Å²) in [5, 5.41) is 8.09. The summed E-state index contributed by atoms with van der Waals surface area (Å²) in [4.78, 5) is 13.4. The number of benzene rings is 3. The van der Waals surface area contributed by atoms with Crippen molar-refractivity contribution in [1.82, 2.24) is 15.1 Å². The lowest BCUT2D eigenvalue weighted by Crippen LogP contribution is -2.28. The van der Waals surface area contributed by atoms with Gasteiger partial charge in [0.05, 0.1) is 18.3 Å². The lowest BCUT2D eigenvalue weighted by molar-refractivity contribution is 0.0933. The van der Waals surface area contributed by atoms with Crippen molar-refractivity contribution in [3.8, 4) is 0 Å². The largest absolute Gasteiger partial charge is 0.344 e. The van der Waals surface area contributed by atoms with Crippen molar-refractivity contribution in [2.24, 2.45) is 0 Å². The molecule has 0 radical (unpaired) electrons. The van der Waals surface area contributed by atoms with Crippen molar-refractivity contribution in [2.45, 2.75) is 44.7 Å². The Labute approximate surface area is 195 Å². The van der Waals surface area contributed by atoms with Gasteiger partial charge in [-0.1, -0.05) is 91.0 Å². The Kier molecular flexibility index (Phi) is 6.07.